The molecule has 0 N–H and O–H groups in total. The van der Waals surface area contributed by atoms with Crippen LogP contribution in [0.15, 0.2) is 176 Å². The molecule has 0 spiro atoms. The van der Waals surface area contributed by atoms with E-state index in [0.717, 1.165) is 56.3 Å². The molecule has 8 aromatic rings. The van der Waals surface area contributed by atoms with E-state index in [0.29, 0.717) is 40.1 Å². The van der Waals surface area contributed by atoms with Crippen LogP contribution in [0, 0.1) is 22.7 Å². The van der Waals surface area contributed by atoms with Gasteiger partial charge in [0.2, 0.25) is 0 Å². The van der Waals surface area contributed by atoms with Gasteiger partial charge in [0.15, 0.2) is 23.0 Å². The van der Waals surface area contributed by atoms with E-state index in [9.17, 15) is 10.5 Å². The number of pyridine rings is 1. The number of ether oxygens (including phenoxy) is 2. The summed E-state index contributed by atoms with van der Waals surface area (Å²) >= 11 is 0. The van der Waals surface area contributed by atoms with Crippen LogP contribution in [0.3, 0.4) is 0 Å². The summed E-state index contributed by atoms with van der Waals surface area (Å²) < 4.78 is 13.0. The van der Waals surface area contributed by atoms with E-state index in [4.69, 9.17) is 14.5 Å². The predicted molar refractivity (Wildman–Crippen MR) is 219 cm³/mol. The Morgan fingerprint density at radius 2 is 0.857 bits per heavy atom. The van der Waals surface area contributed by atoms with E-state index in [-0.39, 0.29) is 5.56 Å². The average Bonchev–Trinajstić information content (AvgIpc) is 3.27. The van der Waals surface area contributed by atoms with Crippen molar-refractivity contribution < 1.29 is 9.47 Å². The minimum Gasteiger partial charge on any atom is -0.453 e. The Morgan fingerprint density at radius 3 is 1.36 bits per heavy atom. The molecule has 7 aromatic carbocycles. The monoisotopic (exact) mass is 719 g/mol. The average molecular weight is 720 g/mol. The first-order valence-corrected chi connectivity index (χ1v) is 18.2. The van der Waals surface area contributed by atoms with Crippen LogP contribution in [-0.2, 0) is 0 Å². The van der Waals surface area contributed by atoms with Gasteiger partial charge in [0.05, 0.1) is 45.3 Å². The zero-order valence-electron chi connectivity index (χ0n) is 29.8. The molecular formula is C49H29N5O2. The molecule has 7 nitrogen and oxygen atoms in total. The van der Waals surface area contributed by atoms with Crippen molar-refractivity contribution in [2.24, 2.45) is 0 Å². The molecule has 0 radical (unpaired) electrons. The summed E-state index contributed by atoms with van der Waals surface area (Å²) in [7, 11) is 0. The molecule has 2 aliphatic rings. The van der Waals surface area contributed by atoms with Crippen LogP contribution in [0.25, 0.3) is 33.5 Å². The quantitative estimate of drug-likeness (QED) is 0.175. The zero-order chi connectivity index (χ0) is 37.6. The van der Waals surface area contributed by atoms with E-state index in [2.05, 4.69) is 46.2 Å². The zero-order valence-corrected chi connectivity index (χ0v) is 29.8. The molecule has 0 saturated carbocycles. The van der Waals surface area contributed by atoms with Gasteiger partial charge in [-0.3, -0.25) is 4.90 Å². The summed E-state index contributed by atoms with van der Waals surface area (Å²) in [4.78, 5) is 10.2. The Balaban J connectivity index is 1.44. The molecule has 0 bridgehead atoms. The van der Waals surface area contributed by atoms with E-state index < -0.39 is 0 Å². The van der Waals surface area contributed by atoms with Gasteiger partial charge in [-0.05, 0) is 71.8 Å². The fourth-order valence-electron chi connectivity index (χ4n) is 7.67. The van der Waals surface area contributed by atoms with Crippen LogP contribution in [0.2, 0.25) is 0 Å². The van der Waals surface area contributed by atoms with Crippen molar-refractivity contribution in [3.05, 3.63) is 187 Å². The van der Waals surface area contributed by atoms with Gasteiger partial charge < -0.3 is 14.4 Å². The fourth-order valence-corrected chi connectivity index (χ4v) is 7.67. The van der Waals surface area contributed by atoms with Crippen LogP contribution in [0.1, 0.15) is 11.1 Å². The Morgan fingerprint density at radius 1 is 0.411 bits per heavy atom. The number of aromatic nitrogens is 1. The lowest BCUT2D eigenvalue weighted by molar-refractivity contribution is 0.476. The minimum absolute atomic E-state index is 0.277. The minimum atomic E-state index is 0.277. The molecule has 0 amide bonds. The highest BCUT2D eigenvalue weighted by atomic mass is 16.5. The molecule has 10 rings (SSSR count). The van der Waals surface area contributed by atoms with E-state index in [1.807, 2.05) is 146 Å². The van der Waals surface area contributed by atoms with E-state index in [1.165, 1.54) is 0 Å². The van der Waals surface area contributed by atoms with Crippen LogP contribution in [-0.4, -0.2) is 4.98 Å². The van der Waals surface area contributed by atoms with E-state index in [1.54, 1.807) is 6.07 Å². The number of rotatable bonds is 5. The fraction of sp³-hybridized carbons (Fsp3) is 0. The van der Waals surface area contributed by atoms with Gasteiger partial charge >= 0.3 is 0 Å². The molecule has 0 atom stereocenters. The third-order valence-electron chi connectivity index (χ3n) is 10.1. The molecule has 262 valence electrons. The van der Waals surface area contributed by atoms with Crippen molar-refractivity contribution in [1.82, 2.24) is 4.98 Å². The maximum atomic E-state index is 10.4. The first-order valence-electron chi connectivity index (χ1n) is 18.2. The molecule has 0 fully saturated rings. The highest BCUT2D eigenvalue weighted by Gasteiger charge is 2.36. The first-order chi connectivity index (χ1) is 27.7. The van der Waals surface area contributed by atoms with Gasteiger partial charge in [-0.1, -0.05) is 115 Å². The Labute approximate surface area is 323 Å². The maximum Gasteiger partial charge on any atom is 0.151 e. The van der Waals surface area contributed by atoms with Gasteiger partial charge in [0, 0.05) is 16.7 Å². The number of hydrogen-bond donors (Lipinski definition) is 0. The normalized spacial score (nSPS) is 12.1. The summed E-state index contributed by atoms with van der Waals surface area (Å²) in [5, 5.41) is 20.5. The van der Waals surface area contributed by atoms with Crippen LogP contribution < -0.4 is 19.3 Å². The van der Waals surface area contributed by atoms with Crippen molar-refractivity contribution in [3.8, 4) is 68.6 Å². The van der Waals surface area contributed by atoms with Crippen LogP contribution >= 0.6 is 0 Å². The number of nitriles is 2. The van der Waals surface area contributed by atoms with Gasteiger partial charge in [-0.15, -0.1) is 0 Å². The number of nitrogens with zero attached hydrogens (tertiary/aromatic N) is 5. The lowest BCUT2D eigenvalue weighted by Crippen LogP contribution is -2.22. The van der Waals surface area contributed by atoms with Crippen LogP contribution in [0.5, 0.6) is 23.0 Å². The third-order valence-corrected chi connectivity index (χ3v) is 10.1. The predicted octanol–water partition coefficient (Wildman–Crippen LogP) is 13.0. The highest BCUT2D eigenvalue weighted by Crippen LogP contribution is 2.60. The molecule has 7 heteroatoms. The molecule has 3 heterocycles. The maximum absolute atomic E-state index is 10.4. The van der Waals surface area contributed by atoms with Gasteiger partial charge in [-0.25, -0.2) is 4.98 Å². The third kappa shape index (κ3) is 5.23. The summed E-state index contributed by atoms with van der Waals surface area (Å²) in [6.07, 6.45) is 0. The molecule has 0 unspecified atom stereocenters. The smallest absolute Gasteiger partial charge is 0.151 e. The Hall–Kier alpha value is -8.13. The molecule has 1 aromatic heterocycles. The van der Waals surface area contributed by atoms with Crippen LogP contribution in [0.4, 0.5) is 34.3 Å². The number of benzene rings is 7. The summed E-state index contributed by atoms with van der Waals surface area (Å²) in [6.45, 7) is 0. The van der Waals surface area contributed by atoms with Crippen molar-refractivity contribution in [3.63, 3.8) is 0 Å². The van der Waals surface area contributed by atoms with Gasteiger partial charge in [-0.2, -0.15) is 10.5 Å². The molecular weight excluding hydrogens is 691 g/mol. The molecule has 56 heavy (non-hydrogen) atoms. The van der Waals surface area contributed by atoms with Crippen molar-refractivity contribution in [2.75, 3.05) is 9.80 Å². The number of fused-ring (bicyclic) bond motifs is 4. The number of hydrogen-bond acceptors (Lipinski definition) is 7. The molecule has 0 aliphatic carbocycles. The number of anilines is 6. The van der Waals surface area contributed by atoms with Gasteiger partial charge in [0.25, 0.3) is 0 Å². The summed E-state index contributed by atoms with van der Waals surface area (Å²) in [5.74, 6) is 3.43. The lowest BCUT2D eigenvalue weighted by Gasteiger charge is -2.38. The standard InChI is InChI=1S/C49H29N5O2/c50-30-35-28-27-34(29-36(35)31-51)45-46(32-15-3-1-4-16-32)49(54-39-21-9-13-25-43(39)56-44-26-14-10-22-40(44)54)52-47(33-17-5-2-6-18-33)48(45)53-37-19-7-11-23-41(37)55-42-24-12-8-20-38(42)53/h1-29H. The second-order valence-corrected chi connectivity index (χ2v) is 13.3. The van der Waals surface area contributed by atoms with Crippen molar-refractivity contribution in [2.45, 2.75) is 0 Å². The highest BCUT2D eigenvalue weighted by molar-refractivity contribution is 6.09. The lowest BCUT2D eigenvalue weighted by atomic mass is 9.88. The Kier molecular flexibility index (Phi) is 7.77. The van der Waals surface area contributed by atoms with Crippen molar-refractivity contribution in [1.29, 1.82) is 10.5 Å². The summed E-state index contributed by atoms with van der Waals surface area (Å²) in [6, 6.07) is 62.3. The van der Waals surface area contributed by atoms with E-state index >= 15 is 0 Å². The number of para-hydroxylation sites is 8. The molecule has 0 saturated heterocycles. The largest absolute Gasteiger partial charge is 0.453 e. The SMILES string of the molecule is N#Cc1ccc(-c2c(-c3ccccc3)c(N3c4ccccc4Oc4ccccc43)nc(-c3ccccc3)c2N2c3ccccc3Oc3ccccc32)cc1C#N. The Bertz CT molecular complexity index is 2820. The molecule has 2 aliphatic heterocycles. The first kappa shape index (κ1) is 32.5. The van der Waals surface area contributed by atoms with Gasteiger partial charge in [0.1, 0.15) is 18.0 Å². The topological polar surface area (TPSA) is 85.4 Å². The van der Waals surface area contributed by atoms with Crippen molar-refractivity contribution >= 4 is 34.3 Å². The second kappa shape index (κ2) is 13.4. The summed E-state index contributed by atoms with van der Waals surface area (Å²) in [5.41, 5.74) is 9.54. The second-order valence-electron chi connectivity index (χ2n) is 13.3.